The number of aliphatic hydroxyl groups excluding tert-OH is 3. The van der Waals surface area contributed by atoms with Crippen LogP contribution in [0.25, 0.3) is 0 Å². The maximum Gasteiger partial charge on any atom is 0.178 e. The smallest absolute Gasteiger partial charge is 0.178 e. The Morgan fingerprint density at radius 2 is 0.787 bits per heavy atom. The number of rotatable bonds is 51. The molecular formula is C49H104N2O10. The first kappa shape index (κ1) is 62.6. The van der Waals surface area contributed by atoms with Crippen molar-refractivity contribution in [1.82, 2.24) is 10.4 Å². The first-order chi connectivity index (χ1) is 30.0. The predicted molar refractivity (Wildman–Crippen MR) is 252 cm³/mol. The topological polar surface area (TPSA) is 141 Å². The first-order valence-electron chi connectivity index (χ1n) is 25.6. The number of hydrogen-bond acceptors (Lipinski definition) is 12. The van der Waals surface area contributed by atoms with Crippen molar-refractivity contribution in [2.45, 2.75) is 220 Å². The molecule has 4 unspecified atom stereocenters. The van der Waals surface area contributed by atoms with Gasteiger partial charge in [0.15, 0.2) is 6.29 Å². The summed E-state index contributed by atoms with van der Waals surface area (Å²) >= 11 is 0. The van der Waals surface area contributed by atoms with Gasteiger partial charge in [0.25, 0.3) is 0 Å². The third-order valence-corrected chi connectivity index (χ3v) is 10.2. The van der Waals surface area contributed by atoms with Crippen LogP contribution in [-0.4, -0.2) is 144 Å². The van der Waals surface area contributed by atoms with Crippen molar-refractivity contribution in [3.8, 4) is 0 Å². The zero-order chi connectivity index (χ0) is 45.1. The average Bonchev–Trinajstić information content (AvgIpc) is 3.26. The monoisotopic (exact) mass is 881 g/mol. The lowest BCUT2D eigenvalue weighted by molar-refractivity contribution is -0.200. The van der Waals surface area contributed by atoms with Gasteiger partial charge < -0.3 is 49.1 Å². The molecule has 0 aromatic rings. The van der Waals surface area contributed by atoms with Crippen LogP contribution in [0.5, 0.6) is 0 Å². The quantitative estimate of drug-likeness (QED) is 0.0263. The minimum Gasteiger partial charge on any atom is -0.389 e. The van der Waals surface area contributed by atoms with Gasteiger partial charge in [-0.25, -0.2) is 0 Å². The molecule has 12 heteroatoms. The fraction of sp³-hybridized carbons (Fsp3) is 1.00. The molecule has 0 spiro atoms. The summed E-state index contributed by atoms with van der Waals surface area (Å²) in [7, 11) is 0. The maximum atomic E-state index is 10.7. The number of unbranched alkanes of at least 4 members (excludes halogenated alkanes) is 20. The Labute approximate surface area is 377 Å². The Bertz CT molecular complexity index is 762. The summed E-state index contributed by atoms with van der Waals surface area (Å²) < 4.78 is 34.9. The van der Waals surface area contributed by atoms with E-state index >= 15 is 0 Å². The van der Waals surface area contributed by atoms with Gasteiger partial charge in [-0.1, -0.05) is 170 Å². The molecule has 0 saturated carbocycles. The Hall–Kier alpha value is -0.480. The Balaban J connectivity index is 0. The molecule has 0 aliphatic carbocycles. The van der Waals surface area contributed by atoms with Gasteiger partial charge in [-0.3, -0.25) is 4.84 Å². The normalized spacial score (nSPS) is 13.7. The van der Waals surface area contributed by atoms with E-state index in [4.69, 9.17) is 33.3 Å². The molecule has 0 fully saturated rings. The summed E-state index contributed by atoms with van der Waals surface area (Å²) in [5, 5.41) is 37.0. The van der Waals surface area contributed by atoms with E-state index in [0.29, 0.717) is 59.3 Å². The second-order valence-electron chi connectivity index (χ2n) is 16.4. The highest BCUT2D eigenvalue weighted by Crippen LogP contribution is 2.09. The highest BCUT2D eigenvalue weighted by molar-refractivity contribution is 4.65. The number of hydroxylamine groups is 2. The third-order valence-electron chi connectivity index (χ3n) is 10.2. The lowest BCUT2D eigenvalue weighted by Crippen LogP contribution is -2.41. The molecule has 370 valence electrons. The van der Waals surface area contributed by atoms with Crippen molar-refractivity contribution >= 4 is 0 Å². The number of aliphatic hydroxyl groups is 3. The molecule has 0 saturated heterocycles. The summed E-state index contributed by atoms with van der Waals surface area (Å²) in [5.41, 5.74) is 0. The van der Waals surface area contributed by atoms with Crippen LogP contribution in [-0.2, 0) is 33.3 Å². The zero-order valence-corrected chi connectivity index (χ0v) is 41.0. The lowest BCUT2D eigenvalue weighted by atomic mass is 10.1. The highest BCUT2D eigenvalue weighted by Gasteiger charge is 2.18. The zero-order valence-electron chi connectivity index (χ0n) is 41.0. The van der Waals surface area contributed by atoms with Crippen LogP contribution in [0.15, 0.2) is 0 Å². The SMILES string of the molecule is CC.CCCCCCCCOCC(O)CN(CC(O)COCCCCCCCC)OCCOCCNCC(COCCCCCCCC)OC(O)COCCCCCCCC. The van der Waals surface area contributed by atoms with E-state index < -0.39 is 18.5 Å². The lowest BCUT2D eigenvalue weighted by Gasteiger charge is -2.26. The number of nitrogens with one attached hydrogen (secondary N) is 1. The molecule has 0 aromatic carbocycles. The van der Waals surface area contributed by atoms with Crippen LogP contribution in [0.2, 0.25) is 0 Å². The van der Waals surface area contributed by atoms with Crippen molar-refractivity contribution in [3.63, 3.8) is 0 Å². The van der Waals surface area contributed by atoms with E-state index in [1.165, 1.54) is 109 Å². The van der Waals surface area contributed by atoms with Gasteiger partial charge >= 0.3 is 0 Å². The van der Waals surface area contributed by atoms with Crippen LogP contribution < -0.4 is 5.32 Å². The molecule has 0 radical (unpaired) electrons. The van der Waals surface area contributed by atoms with E-state index in [-0.39, 0.29) is 45.6 Å². The van der Waals surface area contributed by atoms with Gasteiger partial charge in [0, 0.05) is 39.5 Å². The van der Waals surface area contributed by atoms with Gasteiger partial charge in [-0.2, -0.15) is 5.06 Å². The minimum atomic E-state index is -1.01. The maximum absolute atomic E-state index is 10.7. The molecule has 0 aliphatic heterocycles. The summed E-state index contributed by atoms with van der Waals surface area (Å²) in [6, 6.07) is 0. The van der Waals surface area contributed by atoms with Gasteiger partial charge in [0.05, 0.1) is 77.6 Å². The minimum absolute atomic E-state index is 0.148. The Kier molecular flexibility index (Phi) is 55.3. The van der Waals surface area contributed by atoms with Crippen molar-refractivity contribution in [2.75, 3.05) is 98.9 Å². The van der Waals surface area contributed by atoms with Crippen LogP contribution >= 0.6 is 0 Å². The van der Waals surface area contributed by atoms with Crippen LogP contribution in [0.4, 0.5) is 0 Å². The summed E-state index contributed by atoms with van der Waals surface area (Å²) in [6.45, 7) is 19.1. The first-order valence-corrected chi connectivity index (χ1v) is 25.6. The molecule has 0 amide bonds. The van der Waals surface area contributed by atoms with E-state index in [1.54, 1.807) is 5.06 Å². The fourth-order valence-electron chi connectivity index (χ4n) is 6.67. The van der Waals surface area contributed by atoms with Crippen molar-refractivity contribution in [1.29, 1.82) is 0 Å². The molecule has 0 bridgehead atoms. The molecule has 4 atom stereocenters. The van der Waals surface area contributed by atoms with E-state index in [1.807, 2.05) is 13.8 Å². The van der Waals surface area contributed by atoms with Gasteiger partial charge in [-0.15, -0.1) is 0 Å². The predicted octanol–water partition coefficient (Wildman–Crippen LogP) is 9.79. The average molecular weight is 881 g/mol. The standard InChI is InChI=1S/C47H98N2O10.C2H6/c1-5-9-13-17-21-25-30-54-40-44(50)38-49(39-45(51)41-55-31-26-22-18-14-10-6-2)58-36-35-53-34-29-48-37-46(42-56-32-27-23-19-15-11-7-3)59-47(52)43-57-33-28-24-20-16-12-8-4;1-2/h44-48,50-52H,5-43H2,1-4H3;1-2H3. The van der Waals surface area contributed by atoms with Gasteiger partial charge in [0.2, 0.25) is 0 Å². The Morgan fingerprint density at radius 1 is 0.410 bits per heavy atom. The molecule has 0 aliphatic rings. The van der Waals surface area contributed by atoms with Crippen molar-refractivity contribution in [2.24, 2.45) is 0 Å². The molecule has 61 heavy (non-hydrogen) atoms. The van der Waals surface area contributed by atoms with E-state index in [0.717, 1.165) is 44.9 Å². The molecule has 0 heterocycles. The summed E-state index contributed by atoms with van der Waals surface area (Å²) in [4.78, 5) is 5.98. The summed E-state index contributed by atoms with van der Waals surface area (Å²) in [5.74, 6) is 0. The van der Waals surface area contributed by atoms with Gasteiger partial charge in [0.1, 0.15) is 0 Å². The van der Waals surface area contributed by atoms with Crippen LogP contribution in [0, 0.1) is 0 Å². The Morgan fingerprint density at radius 3 is 1.21 bits per heavy atom. The molecule has 12 nitrogen and oxygen atoms in total. The fourth-order valence-corrected chi connectivity index (χ4v) is 6.67. The number of nitrogens with zero attached hydrogens (tertiary/aromatic N) is 1. The van der Waals surface area contributed by atoms with E-state index in [9.17, 15) is 15.3 Å². The molecule has 4 N–H and O–H groups in total. The van der Waals surface area contributed by atoms with Gasteiger partial charge in [-0.05, 0) is 25.7 Å². The largest absolute Gasteiger partial charge is 0.389 e. The summed E-state index contributed by atoms with van der Waals surface area (Å²) in [6.07, 6.45) is 25.9. The molecule has 0 rings (SSSR count). The second kappa shape index (κ2) is 53.9. The van der Waals surface area contributed by atoms with Crippen LogP contribution in [0.3, 0.4) is 0 Å². The molecule has 0 aromatic heterocycles. The number of hydrogen-bond donors (Lipinski definition) is 4. The van der Waals surface area contributed by atoms with E-state index in [2.05, 4.69) is 33.0 Å². The third kappa shape index (κ3) is 50.4. The molecular weight excluding hydrogens is 777 g/mol. The van der Waals surface area contributed by atoms with Crippen molar-refractivity contribution in [3.05, 3.63) is 0 Å². The highest BCUT2D eigenvalue weighted by atomic mass is 16.7. The second-order valence-corrected chi connectivity index (χ2v) is 16.4. The van der Waals surface area contributed by atoms with Crippen molar-refractivity contribution < 1.29 is 48.6 Å². The number of ether oxygens (including phenoxy) is 6. The van der Waals surface area contributed by atoms with Crippen LogP contribution in [0.1, 0.15) is 196 Å².